The summed E-state index contributed by atoms with van der Waals surface area (Å²) in [7, 11) is 1.49. The van der Waals surface area contributed by atoms with Gasteiger partial charge in [-0.1, -0.05) is 18.2 Å². The molecule has 0 radical (unpaired) electrons. The Bertz CT molecular complexity index is 971. The molecule has 0 fully saturated rings. The van der Waals surface area contributed by atoms with Gasteiger partial charge in [-0.15, -0.1) is 0 Å². The molecule has 2 heterocycles. The van der Waals surface area contributed by atoms with Crippen molar-refractivity contribution in [2.24, 2.45) is 0 Å². The van der Waals surface area contributed by atoms with Crippen molar-refractivity contribution in [2.75, 3.05) is 17.3 Å². The molecular formula is C20H18N4O3. The molecule has 0 atom stereocenters. The van der Waals surface area contributed by atoms with Crippen molar-refractivity contribution in [3.05, 3.63) is 53.7 Å². The predicted molar refractivity (Wildman–Crippen MR) is 101 cm³/mol. The average Bonchev–Trinajstić information content (AvgIpc) is 2.95. The molecule has 1 N–H and O–H groups in total. The molecule has 0 aliphatic carbocycles. The van der Waals surface area contributed by atoms with E-state index in [4.69, 9.17) is 4.74 Å². The molecule has 0 saturated carbocycles. The molecule has 0 bridgehead atoms. The van der Waals surface area contributed by atoms with Gasteiger partial charge in [0.1, 0.15) is 11.6 Å². The van der Waals surface area contributed by atoms with Crippen LogP contribution in [0.4, 0.5) is 11.4 Å². The monoisotopic (exact) mass is 362 g/mol. The van der Waals surface area contributed by atoms with Gasteiger partial charge in [0.25, 0.3) is 11.8 Å². The number of nitriles is 1. The molecule has 7 heteroatoms. The van der Waals surface area contributed by atoms with E-state index in [9.17, 15) is 14.9 Å². The Balaban J connectivity index is 2.02. The second kappa shape index (κ2) is 7.30. The van der Waals surface area contributed by atoms with Gasteiger partial charge in [0.2, 0.25) is 5.88 Å². The van der Waals surface area contributed by atoms with E-state index < -0.39 is 5.91 Å². The lowest BCUT2D eigenvalue weighted by Crippen LogP contribution is -2.33. The van der Waals surface area contributed by atoms with Gasteiger partial charge >= 0.3 is 0 Å². The van der Waals surface area contributed by atoms with E-state index in [1.165, 1.54) is 13.3 Å². The van der Waals surface area contributed by atoms with Crippen molar-refractivity contribution < 1.29 is 14.3 Å². The number of anilines is 2. The first-order valence-electron chi connectivity index (χ1n) is 8.36. The minimum Gasteiger partial charge on any atom is -0.481 e. The van der Waals surface area contributed by atoms with Crippen molar-refractivity contribution >= 4 is 28.8 Å². The first kappa shape index (κ1) is 18.1. The molecule has 2 aromatic rings. The van der Waals surface area contributed by atoms with E-state index in [2.05, 4.69) is 10.3 Å². The van der Waals surface area contributed by atoms with Gasteiger partial charge in [-0.25, -0.2) is 4.98 Å². The maximum Gasteiger partial charge on any atom is 0.267 e. The molecule has 1 aliphatic heterocycles. The second-order valence-corrected chi connectivity index (χ2v) is 6.19. The summed E-state index contributed by atoms with van der Waals surface area (Å²) in [6, 6.07) is 12.1. The van der Waals surface area contributed by atoms with Crippen LogP contribution in [-0.4, -0.2) is 29.9 Å². The number of amides is 2. The van der Waals surface area contributed by atoms with Crippen molar-refractivity contribution in [3.8, 4) is 11.9 Å². The molecule has 1 aliphatic rings. The SMILES string of the molecule is COc1ccc(NC(=O)C(C#N)=C2C(=O)N(C(C)C)c3ccccc32)cn1. The fourth-order valence-corrected chi connectivity index (χ4v) is 2.98. The van der Waals surface area contributed by atoms with Crippen LogP contribution in [0, 0.1) is 11.3 Å². The van der Waals surface area contributed by atoms with Gasteiger partial charge in [-0.2, -0.15) is 5.26 Å². The normalized spacial score (nSPS) is 14.6. The Kier molecular flexibility index (Phi) is 4.90. The topological polar surface area (TPSA) is 95.3 Å². The summed E-state index contributed by atoms with van der Waals surface area (Å²) >= 11 is 0. The molecule has 3 rings (SSSR count). The minimum absolute atomic E-state index is 0.107. The Morgan fingerprint density at radius 3 is 2.59 bits per heavy atom. The third-order valence-electron chi connectivity index (χ3n) is 4.17. The molecule has 7 nitrogen and oxygen atoms in total. The number of carbonyl (C=O) groups excluding carboxylic acids is 2. The van der Waals surface area contributed by atoms with Crippen LogP contribution in [0.3, 0.4) is 0 Å². The number of nitrogens with zero attached hydrogens (tertiary/aromatic N) is 3. The first-order valence-corrected chi connectivity index (χ1v) is 8.36. The number of aromatic nitrogens is 1. The summed E-state index contributed by atoms with van der Waals surface area (Å²) in [6.07, 6.45) is 1.42. The zero-order valence-corrected chi connectivity index (χ0v) is 15.2. The molecule has 0 saturated heterocycles. The largest absolute Gasteiger partial charge is 0.481 e. The number of fused-ring (bicyclic) bond motifs is 1. The van der Waals surface area contributed by atoms with Gasteiger partial charge in [0.05, 0.1) is 30.3 Å². The maximum atomic E-state index is 13.0. The predicted octanol–water partition coefficient (Wildman–Crippen LogP) is 2.76. The molecule has 1 aromatic heterocycles. The molecule has 27 heavy (non-hydrogen) atoms. The van der Waals surface area contributed by atoms with E-state index >= 15 is 0 Å². The highest BCUT2D eigenvalue weighted by Gasteiger charge is 2.37. The smallest absolute Gasteiger partial charge is 0.267 e. The van der Waals surface area contributed by atoms with E-state index in [1.54, 1.807) is 35.2 Å². The standard InChI is InChI=1S/C20H18N4O3/c1-12(2)24-16-7-5-4-6-14(16)18(20(24)26)15(10-21)19(25)23-13-8-9-17(27-3)22-11-13/h4-9,11-12H,1-3H3,(H,23,25). The number of benzene rings is 1. The van der Waals surface area contributed by atoms with Gasteiger partial charge < -0.3 is 15.0 Å². The van der Waals surface area contributed by atoms with Gasteiger partial charge in [0, 0.05) is 17.7 Å². The Hall–Kier alpha value is -3.66. The van der Waals surface area contributed by atoms with Crippen molar-refractivity contribution in [2.45, 2.75) is 19.9 Å². The van der Waals surface area contributed by atoms with Crippen LogP contribution in [0.5, 0.6) is 5.88 Å². The quantitative estimate of drug-likeness (QED) is 0.666. The Morgan fingerprint density at radius 1 is 1.26 bits per heavy atom. The molecule has 2 amide bonds. The highest BCUT2D eigenvalue weighted by atomic mass is 16.5. The van der Waals surface area contributed by atoms with Crippen LogP contribution in [-0.2, 0) is 9.59 Å². The van der Waals surface area contributed by atoms with E-state index in [-0.39, 0.29) is 23.1 Å². The summed E-state index contributed by atoms with van der Waals surface area (Å²) in [6.45, 7) is 3.76. The number of pyridine rings is 1. The number of hydrogen-bond donors (Lipinski definition) is 1. The Morgan fingerprint density at radius 2 is 2.00 bits per heavy atom. The lowest BCUT2D eigenvalue weighted by atomic mass is 10.0. The summed E-state index contributed by atoms with van der Waals surface area (Å²) in [5.74, 6) is -0.613. The zero-order chi connectivity index (χ0) is 19.6. The maximum absolute atomic E-state index is 13.0. The average molecular weight is 362 g/mol. The second-order valence-electron chi connectivity index (χ2n) is 6.19. The van der Waals surface area contributed by atoms with Crippen molar-refractivity contribution in [1.82, 2.24) is 4.98 Å². The van der Waals surface area contributed by atoms with Crippen molar-refractivity contribution in [3.63, 3.8) is 0 Å². The number of rotatable bonds is 4. The third-order valence-corrected chi connectivity index (χ3v) is 4.17. The molecule has 1 aromatic carbocycles. The lowest BCUT2D eigenvalue weighted by molar-refractivity contribution is -0.115. The van der Waals surface area contributed by atoms with Crippen LogP contribution >= 0.6 is 0 Å². The van der Waals surface area contributed by atoms with Crippen LogP contribution in [0.15, 0.2) is 48.2 Å². The lowest BCUT2D eigenvalue weighted by Gasteiger charge is -2.21. The summed E-state index contributed by atoms with van der Waals surface area (Å²) < 4.78 is 4.98. The fourth-order valence-electron chi connectivity index (χ4n) is 2.98. The van der Waals surface area contributed by atoms with Gasteiger partial charge in [-0.3, -0.25) is 9.59 Å². The molecule has 0 spiro atoms. The van der Waals surface area contributed by atoms with E-state index in [1.807, 2.05) is 26.0 Å². The minimum atomic E-state index is -0.659. The molecule has 136 valence electrons. The number of carbonyl (C=O) groups is 2. The fraction of sp³-hybridized carbons (Fsp3) is 0.200. The molecular weight excluding hydrogens is 344 g/mol. The van der Waals surface area contributed by atoms with E-state index in [0.717, 1.165) is 0 Å². The van der Waals surface area contributed by atoms with Gasteiger partial charge in [0.15, 0.2) is 0 Å². The zero-order valence-electron chi connectivity index (χ0n) is 15.2. The van der Waals surface area contributed by atoms with E-state index in [0.29, 0.717) is 22.8 Å². The highest BCUT2D eigenvalue weighted by molar-refractivity contribution is 6.38. The first-order chi connectivity index (χ1) is 13.0. The molecule has 0 unspecified atom stereocenters. The van der Waals surface area contributed by atoms with Crippen LogP contribution in [0.2, 0.25) is 0 Å². The van der Waals surface area contributed by atoms with Gasteiger partial charge in [-0.05, 0) is 26.0 Å². The Labute approximate surface area is 156 Å². The summed E-state index contributed by atoms with van der Waals surface area (Å²) in [5.41, 5.74) is 1.55. The third kappa shape index (κ3) is 3.25. The summed E-state index contributed by atoms with van der Waals surface area (Å²) in [4.78, 5) is 31.2. The van der Waals surface area contributed by atoms with Crippen LogP contribution < -0.4 is 15.0 Å². The number of methoxy groups -OCH3 is 1. The number of ether oxygens (including phenoxy) is 1. The number of nitrogens with one attached hydrogen (secondary N) is 1. The van der Waals surface area contributed by atoms with Crippen LogP contribution in [0.1, 0.15) is 19.4 Å². The number of para-hydroxylation sites is 1. The summed E-state index contributed by atoms with van der Waals surface area (Å²) in [5, 5.41) is 12.2. The van der Waals surface area contributed by atoms with Crippen molar-refractivity contribution in [1.29, 1.82) is 5.26 Å². The van der Waals surface area contributed by atoms with Crippen LogP contribution in [0.25, 0.3) is 5.57 Å². The number of hydrogen-bond acceptors (Lipinski definition) is 5. The highest BCUT2D eigenvalue weighted by Crippen LogP contribution is 2.39.